The summed E-state index contributed by atoms with van der Waals surface area (Å²) in [4.78, 5) is 2.51. The average Bonchev–Trinajstić information content (AvgIpc) is 2.18. The van der Waals surface area contributed by atoms with Crippen LogP contribution in [-0.2, 0) is 0 Å². The zero-order valence-corrected chi connectivity index (χ0v) is 9.34. The number of piperidine rings is 1. The van der Waals surface area contributed by atoms with Crippen LogP contribution in [0.2, 0.25) is 0 Å². The number of hydrogen-bond acceptors (Lipinski definition) is 2. The first-order valence-corrected chi connectivity index (χ1v) is 5.76. The quantitative estimate of drug-likeness (QED) is 0.682. The lowest BCUT2D eigenvalue weighted by molar-refractivity contribution is 0.180. The summed E-state index contributed by atoms with van der Waals surface area (Å²) in [5, 5.41) is 8.79. The predicted molar refractivity (Wildman–Crippen MR) is 60.3 cm³/mol. The fraction of sp³-hybridized carbons (Fsp3) is 0.833. The van der Waals surface area contributed by atoms with E-state index in [9.17, 15) is 0 Å². The number of aliphatic hydroxyl groups excluding tert-OH is 1. The van der Waals surface area contributed by atoms with Gasteiger partial charge in [0.1, 0.15) is 0 Å². The van der Waals surface area contributed by atoms with E-state index in [2.05, 4.69) is 18.4 Å². The van der Waals surface area contributed by atoms with E-state index in [0.717, 1.165) is 18.8 Å². The SMILES string of the molecule is C=C(CCO)CC1CCCN(CC)C1. The fourth-order valence-corrected chi connectivity index (χ4v) is 2.27. The number of likely N-dealkylation sites (tertiary alicyclic amines) is 1. The topological polar surface area (TPSA) is 23.5 Å². The Morgan fingerprint density at radius 3 is 3.00 bits per heavy atom. The van der Waals surface area contributed by atoms with Gasteiger partial charge in [-0.15, -0.1) is 0 Å². The van der Waals surface area contributed by atoms with Gasteiger partial charge in [-0.3, -0.25) is 0 Å². The summed E-state index contributed by atoms with van der Waals surface area (Å²) in [6, 6.07) is 0. The molecule has 0 aliphatic carbocycles. The largest absolute Gasteiger partial charge is 0.396 e. The Labute approximate surface area is 87.6 Å². The van der Waals surface area contributed by atoms with Crippen LogP contribution in [0, 0.1) is 5.92 Å². The summed E-state index contributed by atoms with van der Waals surface area (Å²) in [5.74, 6) is 0.780. The van der Waals surface area contributed by atoms with Crippen molar-refractivity contribution in [3.63, 3.8) is 0 Å². The summed E-state index contributed by atoms with van der Waals surface area (Å²) in [6.07, 6.45) is 4.55. The molecule has 0 spiro atoms. The van der Waals surface area contributed by atoms with Crippen LogP contribution in [0.4, 0.5) is 0 Å². The predicted octanol–water partition coefficient (Wildman–Crippen LogP) is 2.05. The van der Waals surface area contributed by atoms with Gasteiger partial charge < -0.3 is 10.0 Å². The first-order chi connectivity index (χ1) is 6.76. The molecule has 1 fully saturated rings. The molecule has 0 amide bonds. The Hall–Kier alpha value is -0.340. The molecule has 1 saturated heterocycles. The van der Waals surface area contributed by atoms with Crippen molar-refractivity contribution in [2.45, 2.75) is 32.6 Å². The highest BCUT2D eigenvalue weighted by molar-refractivity contribution is 4.96. The Morgan fingerprint density at radius 2 is 2.36 bits per heavy atom. The molecule has 0 aromatic rings. The molecule has 2 heteroatoms. The second kappa shape index (κ2) is 6.20. The summed E-state index contributed by atoms with van der Waals surface area (Å²) in [6.45, 7) is 10.1. The molecule has 1 rings (SSSR count). The molecule has 82 valence electrons. The summed E-state index contributed by atoms with van der Waals surface area (Å²) in [5.41, 5.74) is 1.22. The van der Waals surface area contributed by atoms with Gasteiger partial charge in [-0.25, -0.2) is 0 Å². The van der Waals surface area contributed by atoms with Crippen molar-refractivity contribution >= 4 is 0 Å². The van der Waals surface area contributed by atoms with E-state index in [0.29, 0.717) is 0 Å². The van der Waals surface area contributed by atoms with E-state index in [-0.39, 0.29) is 6.61 Å². The van der Waals surface area contributed by atoms with E-state index in [4.69, 9.17) is 5.11 Å². The third-order valence-corrected chi connectivity index (χ3v) is 3.09. The Bertz CT molecular complexity index is 179. The molecule has 0 radical (unpaired) electrons. The minimum atomic E-state index is 0.253. The van der Waals surface area contributed by atoms with Gasteiger partial charge in [-0.1, -0.05) is 19.1 Å². The van der Waals surface area contributed by atoms with Gasteiger partial charge in [-0.05, 0) is 44.7 Å². The maximum atomic E-state index is 8.79. The van der Waals surface area contributed by atoms with Gasteiger partial charge in [-0.2, -0.15) is 0 Å². The van der Waals surface area contributed by atoms with Crippen LogP contribution >= 0.6 is 0 Å². The Balaban J connectivity index is 2.26. The van der Waals surface area contributed by atoms with Crippen LogP contribution in [0.5, 0.6) is 0 Å². The van der Waals surface area contributed by atoms with E-state index in [1.807, 2.05) is 0 Å². The highest BCUT2D eigenvalue weighted by atomic mass is 16.2. The zero-order chi connectivity index (χ0) is 10.4. The molecule has 0 aromatic carbocycles. The van der Waals surface area contributed by atoms with E-state index >= 15 is 0 Å². The Morgan fingerprint density at radius 1 is 1.57 bits per heavy atom. The van der Waals surface area contributed by atoms with Gasteiger partial charge in [0.15, 0.2) is 0 Å². The second-order valence-corrected chi connectivity index (χ2v) is 4.33. The van der Waals surface area contributed by atoms with Gasteiger partial charge in [0.05, 0.1) is 0 Å². The van der Waals surface area contributed by atoms with Gasteiger partial charge in [0, 0.05) is 13.2 Å². The third-order valence-electron chi connectivity index (χ3n) is 3.09. The molecule has 1 heterocycles. The van der Waals surface area contributed by atoms with Crippen molar-refractivity contribution in [3.8, 4) is 0 Å². The lowest BCUT2D eigenvalue weighted by Gasteiger charge is -2.32. The summed E-state index contributed by atoms with van der Waals surface area (Å²) >= 11 is 0. The monoisotopic (exact) mass is 197 g/mol. The lowest BCUT2D eigenvalue weighted by atomic mass is 9.91. The molecule has 0 saturated carbocycles. The first kappa shape index (κ1) is 11.7. The van der Waals surface area contributed by atoms with Crippen molar-refractivity contribution in [1.82, 2.24) is 4.90 Å². The van der Waals surface area contributed by atoms with Crippen molar-refractivity contribution in [3.05, 3.63) is 12.2 Å². The smallest absolute Gasteiger partial charge is 0.0468 e. The molecule has 1 aliphatic heterocycles. The molecule has 1 aliphatic rings. The standard InChI is InChI=1S/C12H23NO/c1-3-13-7-4-5-12(10-13)9-11(2)6-8-14/h12,14H,2-10H2,1H3. The minimum Gasteiger partial charge on any atom is -0.396 e. The fourth-order valence-electron chi connectivity index (χ4n) is 2.27. The summed E-state index contributed by atoms with van der Waals surface area (Å²) in [7, 11) is 0. The average molecular weight is 197 g/mol. The van der Waals surface area contributed by atoms with Gasteiger partial charge >= 0.3 is 0 Å². The maximum Gasteiger partial charge on any atom is 0.0468 e. The van der Waals surface area contributed by atoms with Crippen LogP contribution in [-0.4, -0.2) is 36.2 Å². The molecule has 0 aromatic heterocycles. The van der Waals surface area contributed by atoms with Crippen molar-refractivity contribution < 1.29 is 5.11 Å². The molecule has 1 atom stereocenters. The van der Waals surface area contributed by atoms with Crippen molar-refractivity contribution in [2.75, 3.05) is 26.2 Å². The second-order valence-electron chi connectivity index (χ2n) is 4.33. The molecule has 1 N–H and O–H groups in total. The Kier molecular flexibility index (Phi) is 5.20. The molecular formula is C12H23NO. The highest BCUT2D eigenvalue weighted by Crippen LogP contribution is 2.23. The number of aliphatic hydroxyl groups is 1. The number of rotatable bonds is 5. The lowest BCUT2D eigenvalue weighted by Crippen LogP contribution is -2.35. The minimum absolute atomic E-state index is 0.253. The highest BCUT2D eigenvalue weighted by Gasteiger charge is 2.18. The molecule has 14 heavy (non-hydrogen) atoms. The molecule has 1 unspecified atom stereocenters. The van der Waals surface area contributed by atoms with E-state index < -0.39 is 0 Å². The van der Waals surface area contributed by atoms with Gasteiger partial charge in [0.2, 0.25) is 0 Å². The maximum absolute atomic E-state index is 8.79. The van der Waals surface area contributed by atoms with Crippen LogP contribution in [0.1, 0.15) is 32.6 Å². The van der Waals surface area contributed by atoms with Crippen molar-refractivity contribution in [1.29, 1.82) is 0 Å². The van der Waals surface area contributed by atoms with E-state index in [1.54, 1.807) is 0 Å². The zero-order valence-electron chi connectivity index (χ0n) is 9.34. The third kappa shape index (κ3) is 3.81. The number of nitrogens with zero attached hydrogens (tertiary/aromatic N) is 1. The molecule has 2 nitrogen and oxygen atoms in total. The van der Waals surface area contributed by atoms with Crippen LogP contribution < -0.4 is 0 Å². The summed E-state index contributed by atoms with van der Waals surface area (Å²) < 4.78 is 0. The first-order valence-electron chi connectivity index (χ1n) is 5.76. The number of hydrogen-bond donors (Lipinski definition) is 1. The van der Waals surface area contributed by atoms with Crippen LogP contribution in [0.25, 0.3) is 0 Å². The van der Waals surface area contributed by atoms with Gasteiger partial charge in [0.25, 0.3) is 0 Å². The molecule has 0 bridgehead atoms. The van der Waals surface area contributed by atoms with Crippen molar-refractivity contribution in [2.24, 2.45) is 5.92 Å². The van der Waals surface area contributed by atoms with Crippen LogP contribution in [0.3, 0.4) is 0 Å². The normalized spacial score (nSPS) is 23.7. The van der Waals surface area contributed by atoms with E-state index in [1.165, 1.54) is 38.0 Å². The molecular weight excluding hydrogens is 174 g/mol. The van der Waals surface area contributed by atoms with Crippen LogP contribution in [0.15, 0.2) is 12.2 Å².